The maximum atomic E-state index is 13.6. The normalized spacial score (nSPS) is 15.8. The summed E-state index contributed by atoms with van der Waals surface area (Å²) in [5.41, 5.74) is 1.43. The van der Waals surface area contributed by atoms with Gasteiger partial charge in [-0.15, -0.1) is 0 Å². The molecule has 1 amide bonds. The largest absolute Gasteiger partial charge is 0.478 e. The van der Waals surface area contributed by atoms with Crippen molar-refractivity contribution in [3.8, 4) is 5.75 Å². The van der Waals surface area contributed by atoms with Gasteiger partial charge in [0.05, 0.1) is 0 Å². The lowest BCUT2D eigenvalue weighted by Crippen LogP contribution is -2.38. The molecule has 0 heterocycles. The van der Waals surface area contributed by atoms with Gasteiger partial charge in [-0.1, -0.05) is 30.7 Å². The lowest BCUT2D eigenvalue weighted by Gasteiger charge is -2.18. The molecule has 0 aromatic heterocycles. The Morgan fingerprint density at radius 2 is 2.18 bits per heavy atom. The average molecular weight is 305 g/mol. The molecule has 120 valence electrons. The van der Waals surface area contributed by atoms with Crippen molar-refractivity contribution in [2.45, 2.75) is 51.6 Å². The Morgan fingerprint density at radius 3 is 2.86 bits per heavy atom. The molecule has 0 saturated heterocycles. The van der Waals surface area contributed by atoms with Crippen LogP contribution in [0.3, 0.4) is 0 Å². The van der Waals surface area contributed by atoms with Crippen LogP contribution in [0.1, 0.15) is 45.4 Å². The summed E-state index contributed by atoms with van der Waals surface area (Å²) >= 11 is 0. The summed E-state index contributed by atoms with van der Waals surface area (Å²) in [6, 6.07) is 6.16. The second-order valence-corrected chi connectivity index (χ2v) is 5.59. The van der Waals surface area contributed by atoms with E-state index in [4.69, 9.17) is 4.74 Å². The predicted octanol–water partition coefficient (Wildman–Crippen LogP) is 3.99. The third-order valence-corrected chi connectivity index (χ3v) is 3.90. The highest BCUT2D eigenvalue weighted by molar-refractivity contribution is 5.81. The number of hydrogen-bond donors (Lipinski definition) is 1. The number of benzene rings is 1. The van der Waals surface area contributed by atoms with E-state index in [1.165, 1.54) is 30.5 Å². The molecule has 2 rings (SSSR count). The van der Waals surface area contributed by atoms with Crippen LogP contribution in [-0.4, -0.2) is 18.6 Å². The fourth-order valence-electron chi connectivity index (χ4n) is 2.61. The van der Waals surface area contributed by atoms with Crippen LogP contribution in [0, 0.1) is 5.82 Å². The molecule has 0 aliphatic heterocycles. The van der Waals surface area contributed by atoms with E-state index in [9.17, 15) is 9.18 Å². The van der Waals surface area contributed by atoms with E-state index in [1.807, 2.05) is 6.92 Å². The van der Waals surface area contributed by atoms with E-state index in [2.05, 4.69) is 11.4 Å². The van der Waals surface area contributed by atoms with Gasteiger partial charge < -0.3 is 10.1 Å². The Balaban J connectivity index is 1.81. The van der Waals surface area contributed by atoms with Gasteiger partial charge in [0.15, 0.2) is 17.7 Å². The van der Waals surface area contributed by atoms with Gasteiger partial charge in [-0.25, -0.2) is 4.39 Å². The number of carbonyl (C=O) groups excluding carboxylic acids is 1. The van der Waals surface area contributed by atoms with Gasteiger partial charge in [0.2, 0.25) is 0 Å². The molecule has 1 aromatic rings. The monoisotopic (exact) mass is 305 g/mol. The number of amides is 1. The Kier molecular flexibility index (Phi) is 6.44. The van der Waals surface area contributed by atoms with Crippen molar-refractivity contribution in [3.63, 3.8) is 0 Å². The molecule has 1 N–H and O–H groups in total. The Bertz CT molecular complexity index is 528. The van der Waals surface area contributed by atoms with Gasteiger partial charge >= 0.3 is 0 Å². The summed E-state index contributed by atoms with van der Waals surface area (Å²) in [5, 5.41) is 2.89. The summed E-state index contributed by atoms with van der Waals surface area (Å²) in [7, 11) is 0. The van der Waals surface area contributed by atoms with E-state index in [1.54, 1.807) is 12.1 Å². The van der Waals surface area contributed by atoms with E-state index in [0.717, 1.165) is 19.3 Å². The van der Waals surface area contributed by atoms with Crippen LogP contribution in [-0.2, 0) is 4.79 Å². The average Bonchev–Trinajstić information content (AvgIpc) is 2.55. The molecule has 3 nitrogen and oxygen atoms in total. The molecular weight excluding hydrogens is 281 g/mol. The zero-order chi connectivity index (χ0) is 15.8. The first-order valence-corrected chi connectivity index (χ1v) is 8.07. The molecule has 1 aliphatic carbocycles. The lowest BCUT2D eigenvalue weighted by molar-refractivity contribution is -0.128. The molecule has 1 atom stereocenters. The van der Waals surface area contributed by atoms with Gasteiger partial charge in [-0.2, -0.15) is 0 Å². The maximum Gasteiger partial charge on any atom is 0.261 e. The summed E-state index contributed by atoms with van der Waals surface area (Å²) in [5.74, 6) is -0.497. The Morgan fingerprint density at radius 1 is 1.36 bits per heavy atom. The second kappa shape index (κ2) is 8.57. The van der Waals surface area contributed by atoms with Crippen molar-refractivity contribution in [1.29, 1.82) is 0 Å². The van der Waals surface area contributed by atoms with E-state index in [0.29, 0.717) is 13.0 Å². The zero-order valence-corrected chi connectivity index (χ0v) is 13.1. The Labute approximate surface area is 131 Å². The molecule has 0 saturated carbocycles. The van der Waals surface area contributed by atoms with Crippen molar-refractivity contribution in [1.82, 2.24) is 5.32 Å². The number of allylic oxidation sites excluding steroid dienone is 1. The van der Waals surface area contributed by atoms with Crippen molar-refractivity contribution in [2.24, 2.45) is 0 Å². The molecule has 1 aliphatic rings. The second-order valence-electron chi connectivity index (χ2n) is 5.59. The number of ether oxygens (including phenoxy) is 1. The van der Waals surface area contributed by atoms with Gasteiger partial charge in [0.1, 0.15) is 0 Å². The highest BCUT2D eigenvalue weighted by Crippen LogP contribution is 2.20. The highest BCUT2D eigenvalue weighted by Gasteiger charge is 2.19. The van der Waals surface area contributed by atoms with E-state index in [-0.39, 0.29) is 11.7 Å². The van der Waals surface area contributed by atoms with Crippen LogP contribution in [0.4, 0.5) is 4.39 Å². The predicted molar refractivity (Wildman–Crippen MR) is 85.3 cm³/mol. The summed E-state index contributed by atoms with van der Waals surface area (Å²) in [4.78, 5) is 12.2. The van der Waals surface area contributed by atoms with Crippen LogP contribution < -0.4 is 10.1 Å². The van der Waals surface area contributed by atoms with Crippen molar-refractivity contribution >= 4 is 5.91 Å². The van der Waals surface area contributed by atoms with Gasteiger partial charge in [0, 0.05) is 6.54 Å². The molecule has 0 fully saturated rings. The van der Waals surface area contributed by atoms with Crippen molar-refractivity contribution in [3.05, 3.63) is 41.7 Å². The third kappa shape index (κ3) is 4.86. The van der Waals surface area contributed by atoms with Gasteiger partial charge in [-0.3, -0.25) is 4.79 Å². The number of carbonyl (C=O) groups is 1. The molecule has 1 unspecified atom stereocenters. The van der Waals surface area contributed by atoms with E-state index < -0.39 is 11.9 Å². The molecule has 22 heavy (non-hydrogen) atoms. The summed E-state index contributed by atoms with van der Waals surface area (Å²) in [6.07, 6.45) is 7.82. The van der Waals surface area contributed by atoms with Gasteiger partial charge in [-0.05, 0) is 50.7 Å². The first-order valence-electron chi connectivity index (χ1n) is 8.07. The topological polar surface area (TPSA) is 38.3 Å². The van der Waals surface area contributed by atoms with Crippen LogP contribution in [0.2, 0.25) is 0 Å². The molecule has 0 bridgehead atoms. The Hall–Kier alpha value is -1.84. The first-order chi connectivity index (χ1) is 10.7. The number of rotatable bonds is 7. The molecule has 4 heteroatoms. The zero-order valence-electron chi connectivity index (χ0n) is 13.1. The number of hydrogen-bond acceptors (Lipinski definition) is 2. The van der Waals surface area contributed by atoms with Crippen LogP contribution in [0.5, 0.6) is 5.75 Å². The van der Waals surface area contributed by atoms with Crippen LogP contribution in [0.15, 0.2) is 35.9 Å². The van der Waals surface area contributed by atoms with Crippen molar-refractivity contribution < 1.29 is 13.9 Å². The number of nitrogens with one attached hydrogen (secondary N) is 1. The fraction of sp³-hybridized carbons (Fsp3) is 0.500. The minimum atomic E-state index is -0.655. The third-order valence-electron chi connectivity index (χ3n) is 3.90. The highest BCUT2D eigenvalue weighted by atomic mass is 19.1. The van der Waals surface area contributed by atoms with Crippen molar-refractivity contribution in [2.75, 3.05) is 6.54 Å². The summed E-state index contributed by atoms with van der Waals surface area (Å²) < 4.78 is 19.1. The van der Waals surface area contributed by atoms with Gasteiger partial charge in [0.25, 0.3) is 5.91 Å². The smallest absolute Gasteiger partial charge is 0.261 e. The van der Waals surface area contributed by atoms with Crippen LogP contribution in [0.25, 0.3) is 0 Å². The maximum absolute atomic E-state index is 13.6. The van der Waals surface area contributed by atoms with E-state index >= 15 is 0 Å². The minimum Gasteiger partial charge on any atom is -0.478 e. The molecule has 0 spiro atoms. The fourth-order valence-corrected chi connectivity index (χ4v) is 2.61. The minimum absolute atomic E-state index is 0.125. The summed E-state index contributed by atoms with van der Waals surface area (Å²) in [6.45, 7) is 2.47. The number of halogens is 1. The quantitative estimate of drug-likeness (QED) is 0.774. The molecular formula is C18H24FNO2. The standard InChI is InChI=1S/C18H24FNO2/c1-2-16(22-17-11-7-6-10-15(17)19)18(21)20-13-12-14-8-4-3-5-9-14/h6-8,10-11,16H,2-5,9,12-13H2,1H3,(H,20,21). The SMILES string of the molecule is CCC(Oc1ccccc1F)C(=O)NCCC1=CCCCC1. The number of para-hydroxylation sites is 1. The molecule has 1 aromatic carbocycles. The van der Waals surface area contributed by atoms with Crippen LogP contribution >= 0.6 is 0 Å². The molecule has 0 radical (unpaired) electrons. The first kappa shape index (κ1) is 16.5. The lowest BCUT2D eigenvalue weighted by atomic mass is 9.97.